The number of rotatable bonds is 3. The van der Waals surface area contributed by atoms with E-state index in [-0.39, 0.29) is 23.6 Å². The quantitative estimate of drug-likeness (QED) is 0.553. The summed E-state index contributed by atoms with van der Waals surface area (Å²) in [6, 6.07) is 0.777. The molecule has 3 heterocycles. The van der Waals surface area contributed by atoms with Gasteiger partial charge in [-0.1, -0.05) is 20.8 Å². The lowest BCUT2D eigenvalue weighted by atomic mass is 9.93. The molecule has 2 N–H and O–H groups in total. The lowest BCUT2D eigenvalue weighted by Crippen LogP contribution is -2.54. The Hall–Kier alpha value is -1.83. The van der Waals surface area contributed by atoms with Crippen molar-refractivity contribution in [2.75, 3.05) is 7.05 Å². The minimum absolute atomic E-state index is 0.0655. The van der Waals surface area contributed by atoms with Crippen LogP contribution in [0.1, 0.15) is 77.9 Å². The Morgan fingerprint density at radius 3 is 2.37 bits per heavy atom. The number of hydrogen-bond acceptors (Lipinski definition) is 5. The Labute approximate surface area is 184 Å². The third kappa shape index (κ3) is 5.65. The van der Waals surface area contributed by atoms with Crippen molar-refractivity contribution >= 4 is 23.4 Å². The van der Waals surface area contributed by atoms with Gasteiger partial charge in [0.1, 0.15) is 10.6 Å². The number of aromatic nitrogens is 1. The van der Waals surface area contributed by atoms with Crippen LogP contribution >= 0.6 is 11.3 Å². The molecular formula is C22H37N5O2S. The number of nitrogens with zero attached hydrogens (tertiary/aromatic N) is 3. The molecule has 2 fully saturated rings. The summed E-state index contributed by atoms with van der Waals surface area (Å²) in [5.74, 6) is 0.789. The number of thiazole rings is 1. The van der Waals surface area contributed by atoms with Crippen molar-refractivity contribution in [3.05, 3.63) is 16.1 Å². The van der Waals surface area contributed by atoms with Crippen LogP contribution in [0.15, 0.2) is 10.4 Å². The average Bonchev–Trinajstić information content (AvgIpc) is 3.20. The molecule has 2 unspecified atom stereocenters. The first-order valence-electron chi connectivity index (χ1n) is 10.9. The number of fused-ring (bicyclic) bond motifs is 2. The average molecular weight is 436 g/mol. The highest BCUT2D eigenvalue weighted by atomic mass is 32.1. The van der Waals surface area contributed by atoms with Gasteiger partial charge in [0.15, 0.2) is 5.96 Å². The van der Waals surface area contributed by atoms with Gasteiger partial charge in [0.2, 0.25) is 0 Å². The number of piperidine rings is 1. The Morgan fingerprint density at radius 1 is 1.23 bits per heavy atom. The zero-order chi connectivity index (χ0) is 22.1. The van der Waals surface area contributed by atoms with E-state index in [1.165, 1.54) is 0 Å². The van der Waals surface area contributed by atoms with Crippen molar-refractivity contribution in [1.29, 1.82) is 0 Å². The molecule has 2 bridgehead atoms. The maximum Gasteiger partial charge on any atom is 0.410 e. The summed E-state index contributed by atoms with van der Waals surface area (Å²) in [7, 11) is 1.79. The molecule has 3 rings (SSSR count). The molecule has 0 aliphatic carbocycles. The monoisotopic (exact) mass is 435 g/mol. The number of carbonyl (C=O) groups excluding carboxylic acids is 1. The number of ether oxygens (including phenoxy) is 1. The maximum atomic E-state index is 12.6. The van der Waals surface area contributed by atoms with Gasteiger partial charge in [0.05, 0.1) is 12.2 Å². The Balaban J connectivity index is 1.53. The second-order valence-corrected chi connectivity index (χ2v) is 11.3. The first-order chi connectivity index (χ1) is 14.0. The SMILES string of the molecule is CN=C(NCc1nc(C(C)(C)C)cs1)NC1CC2CCC(C1)N2C(=O)OC(C)(C)C. The highest BCUT2D eigenvalue weighted by Crippen LogP contribution is 2.36. The van der Waals surface area contributed by atoms with Crippen molar-refractivity contribution in [2.24, 2.45) is 4.99 Å². The van der Waals surface area contributed by atoms with E-state index in [9.17, 15) is 4.79 Å². The van der Waals surface area contributed by atoms with Gasteiger partial charge in [-0.2, -0.15) is 0 Å². The van der Waals surface area contributed by atoms with Crippen LogP contribution in [0.4, 0.5) is 4.79 Å². The van der Waals surface area contributed by atoms with E-state index < -0.39 is 5.60 Å². The van der Waals surface area contributed by atoms with Crippen molar-refractivity contribution in [3.63, 3.8) is 0 Å². The van der Waals surface area contributed by atoms with E-state index in [0.717, 1.165) is 42.3 Å². The summed E-state index contributed by atoms with van der Waals surface area (Å²) >= 11 is 1.68. The van der Waals surface area contributed by atoms with Crippen LogP contribution in [-0.2, 0) is 16.7 Å². The van der Waals surface area contributed by atoms with E-state index in [1.54, 1.807) is 18.4 Å². The molecule has 2 saturated heterocycles. The number of nitrogens with one attached hydrogen (secondary N) is 2. The van der Waals surface area contributed by atoms with Crippen LogP contribution in [0, 0.1) is 0 Å². The Bertz CT molecular complexity index is 763. The van der Waals surface area contributed by atoms with E-state index in [0.29, 0.717) is 12.6 Å². The number of aliphatic imine (C=N–C) groups is 1. The van der Waals surface area contributed by atoms with Crippen LogP contribution in [0.3, 0.4) is 0 Å². The third-order valence-electron chi connectivity index (χ3n) is 5.63. The molecule has 30 heavy (non-hydrogen) atoms. The molecule has 2 aliphatic rings. The lowest BCUT2D eigenvalue weighted by Gasteiger charge is -2.40. The molecule has 0 radical (unpaired) electrons. The number of carbonyl (C=O) groups is 1. The van der Waals surface area contributed by atoms with E-state index in [4.69, 9.17) is 9.72 Å². The minimum atomic E-state index is -0.458. The minimum Gasteiger partial charge on any atom is -0.444 e. The van der Waals surface area contributed by atoms with Crippen molar-refractivity contribution in [3.8, 4) is 0 Å². The summed E-state index contributed by atoms with van der Waals surface area (Å²) in [6.45, 7) is 13.0. The van der Waals surface area contributed by atoms with E-state index in [1.807, 2.05) is 25.7 Å². The summed E-state index contributed by atoms with van der Waals surface area (Å²) in [6.07, 6.45) is 3.75. The fraction of sp³-hybridized carbons (Fsp3) is 0.773. The summed E-state index contributed by atoms with van der Waals surface area (Å²) < 4.78 is 5.63. The van der Waals surface area contributed by atoms with E-state index in [2.05, 4.69) is 41.8 Å². The fourth-order valence-corrected chi connectivity index (χ4v) is 5.15. The first kappa shape index (κ1) is 22.8. The van der Waals surface area contributed by atoms with Gasteiger partial charge in [-0.25, -0.2) is 9.78 Å². The van der Waals surface area contributed by atoms with Gasteiger partial charge in [-0.05, 0) is 46.5 Å². The van der Waals surface area contributed by atoms with Gasteiger partial charge in [0, 0.05) is 36.0 Å². The topological polar surface area (TPSA) is 78.9 Å². The molecule has 2 aliphatic heterocycles. The maximum absolute atomic E-state index is 12.6. The molecule has 0 aromatic carbocycles. The van der Waals surface area contributed by atoms with Crippen molar-refractivity contribution in [1.82, 2.24) is 20.5 Å². The predicted octanol–water partition coefficient (Wildman–Crippen LogP) is 4.04. The second-order valence-electron chi connectivity index (χ2n) is 10.4. The molecule has 1 amide bonds. The molecule has 2 atom stereocenters. The van der Waals surface area contributed by atoms with Gasteiger partial charge >= 0.3 is 6.09 Å². The van der Waals surface area contributed by atoms with Gasteiger partial charge in [0.25, 0.3) is 0 Å². The van der Waals surface area contributed by atoms with E-state index >= 15 is 0 Å². The van der Waals surface area contributed by atoms with Crippen molar-refractivity contribution in [2.45, 2.75) is 103 Å². The first-order valence-corrected chi connectivity index (χ1v) is 11.8. The second kappa shape index (κ2) is 8.73. The molecule has 7 nitrogen and oxygen atoms in total. The summed E-state index contributed by atoms with van der Waals surface area (Å²) in [5, 5.41) is 10.1. The van der Waals surface area contributed by atoms with Gasteiger partial charge < -0.3 is 20.3 Å². The normalized spacial score (nSPS) is 24.7. The van der Waals surface area contributed by atoms with Crippen molar-refractivity contribution < 1.29 is 9.53 Å². The van der Waals surface area contributed by atoms with Gasteiger partial charge in [-0.15, -0.1) is 11.3 Å². The highest BCUT2D eigenvalue weighted by molar-refractivity contribution is 7.09. The predicted molar refractivity (Wildman–Crippen MR) is 122 cm³/mol. The Morgan fingerprint density at radius 2 is 1.87 bits per heavy atom. The van der Waals surface area contributed by atoms with Crippen LogP contribution in [0.25, 0.3) is 0 Å². The van der Waals surface area contributed by atoms with Crippen LogP contribution < -0.4 is 10.6 Å². The standard InChI is InChI=1S/C22H37N5O2S/c1-21(2,3)17-13-30-18(26-17)12-24-19(23-7)25-14-10-15-8-9-16(11-14)27(15)20(28)29-22(4,5)6/h13-16H,8-12H2,1-7H3,(H2,23,24,25). The zero-order valence-corrected chi connectivity index (χ0v) is 20.2. The molecule has 0 spiro atoms. The van der Waals surface area contributed by atoms with Crippen LogP contribution in [0.5, 0.6) is 0 Å². The zero-order valence-electron chi connectivity index (χ0n) is 19.4. The summed E-state index contributed by atoms with van der Waals surface area (Å²) in [4.78, 5) is 23.7. The molecule has 168 valence electrons. The molecule has 1 aromatic heterocycles. The molecule has 0 saturated carbocycles. The third-order valence-corrected chi connectivity index (χ3v) is 6.48. The number of guanidine groups is 1. The summed E-state index contributed by atoms with van der Waals surface area (Å²) in [5.41, 5.74) is 0.731. The largest absolute Gasteiger partial charge is 0.444 e. The number of amides is 1. The molecule has 1 aromatic rings. The van der Waals surface area contributed by atoms with Crippen LogP contribution in [-0.4, -0.2) is 52.7 Å². The molecular weight excluding hydrogens is 398 g/mol. The number of hydrogen-bond donors (Lipinski definition) is 2. The fourth-order valence-electron chi connectivity index (χ4n) is 4.19. The Kier molecular flexibility index (Phi) is 6.65. The lowest BCUT2D eigenvalue weighted by molar-refractivity contribution is 0.00545. The highest BCUT2D eigenvalue weighted by Gasteiger charge is 2.45. The van der Waals surface area contributed by atoms with Gasteiger partial charge in [-0.3, -0.25) is 4.99 Å². The van der Waals surface area contributed by atoms with Crippen LogP contribution in [0.2, 0.25) is 0 Å². The smallest absolute Gasteiger partial charge is 0.410 e. The molecule has 8 heteroatoms.